The number of amides is 1. The molecule has 0 aromatic heterocycles. The fourth-order valence-corrected chi connectivity index (χ4v) is 3.30. The van der Waals surface area contributed by atoms with Crippen LogP contribution in [-0.4, -0.2) is 12.1 Å². The Kier molecular flexibility index (Phi) is 7.44. The summed E-state index contributed by atoms with van der Waals surface area (Å²) >= 11 is 9.66. The summed E-state index contributed by atoms with van der Waals surface area (Å²) in [5.41, 5.74) is 6.42. The zero-order valence-corrected chi connectivity index (χ0v) is 18.2. The standard InChI is InChI=1S/C23H20BrClN2O2/c1-16-6-8-17(9-7-16)13-23(28)27-26-14-18-10-11-22(20(24)12-18)29-15-19-4-2-3-5-21(19)25/h2-12,14H,13,15H2,1H3,(H,27,28)/b26-14+. The van der Waals surface area contributed by atoms with Gasteiger partial charge in [0.25, 0.3) is 0 Å². The lowest BCUT2D eigenvalue weighted by Crippen LogP contribution is -2.19. The molecule has 0 unspecified atom stereocenters. The van der Waals surface area contributed by atoms with Crippen molar-refractivity contribution in [3.8, 4) is 5.75 Å². The lowest BCUT2D eigenvalue weighted by molar-refractivity contribution is -0.120. The number of benzene rings is 3. The highest BCUT2D eigenvalue weighted by Crippen LogP contribution is 2.27. The topological polar surface area (TPSA) is 50.7 Å². The minimum absolute atomic E-state index is 0.163. The van der Waals surface area contributed by atoms with Gasteiger partial charge in [-0.1, -0.05) is 59.6 Å². The number of nitrogens with one attached hydrogen (secondary N) is 1. The van der Waals surface area contributed by atoms with Gasteiger partial charge in [0.15, 0.2) is 0 Å². The van der Waals surface area contributed by atoms with E-state index in [-0.39, 0.29) is 12.3 Å². The summed E-state index contributed by atoms with van der Waals surface area (Å²) in [5, 5.41) is 4.70. The average Bonchev–Trinajstić information content (AvgIpc) is 2.70. The molecular formula is C23H20BrClN2O2. The molecular weight excluding hydrogens is 452 g/mol. The Bertz CT molecular complexity index is 1020. The Morgan fingerprint density at radius 1 is 1.14 bits per heavy atom. The van der Waals surface area contributed by atoms with E-state index in [9.17, 15) is 4.79 Å². The van der Waals surface area contributed by atoms with Gasteiger partial charge in [0.1, 0.15) is 12.4 Å². The fourth-order valence-electron chi connectivity index (χ4n) is 2.60. The highest BCUT2D eigenvalue weighted by atomic mass is 79.9. The summed E-state index contributed by atoms with van der Waals surface area (Å²) in [6.07, 6.45) is 1.88. The highest BCUT2D eigenvalue weighted by molar-refractivity contribution is 9.10. The van der Waals surface area contributed by atoms with Crippen LogP contribution < -0.4 is 10.2 Å². The number of hydrazone groups is 1. The van der Waals surface area contributed by atoms with Crippen molar-refractivity contribution in [1.82, 2.24) is 5.43 Å². The van der Waals surface area contributed by atoms with Crippen molar-refractivity contribution in [2.75, 3.05) is 0 Å². The van der Waals surface area contributed by atoms with Gasteiger partial charge in [-0.2, -0.15) is 5.10 Å². The van der Waals surface area contributed by atoms with Crippen LogP contribution in [0.5, 0.6) is 5.75 Å². The SMILES string of the molecule is Cc1ccc(CC(=O)N/N=C/c2ccc(OCc3ccccc3Cl)c(Br)c2)cc1. The Morgan fingerprint density at radius 2 is 1.90 bits per heavy atom. The molecule has 3 aromatic rings. The minimum Gasteiger partial charge on any atom is -0.488 e. The van der Waals surface area contributed by atoms with Crippen LogP contribution in [0, 0.1) is 6.92 Å². The van der Waals surface area contributed by atoms with Crippen LogP contribution in [0.25, 0.3) is 0 Å². The third-order valence-corrected chi connectivity index (χ3v) is 5.17. The average molecular weight is 472 g/mol. The third-order valence-electron chi connectivity index (χ3n) is 4.19. The van der Waals surface area contributed by atoms with Gasteiger partial charge in [-0.05, 0) is 58.2 Å². The van der Waals surface area contributed by atoms with Crippen molar-refractivity contribution in [2.24, 2.45) is 5.10 Å². The molecule has 3 aromatic carbocycles. The Hall–Kier alpha value is -2.63. The van der Waals surface area contributed by atoms with E-state index in [4.69, 9.17) is 16.3 Å². The number of halogens is 2. The zero-order valence-electron chi connectivity index (χ0n) is 15.9. The number of rotatable bonds is 7. The molecule has 3 rings (SSSR count). The van der Waals surface area contributed by atoms with Crippen molar-refractivity contribution in [2.45, 2.75) is 20.0 Å². The van der Waals surface area contributed by atoms with Crippen LogP contribution in [0.3, 0.4) is 0 Å². The van der Waals surface area contributed by atoms with E-state index >= 15 is 0 Å². The second-order valence-electron chi connectivity index (χ2n) is 6.53. The first-order valence-electron chi connectivity index (χ1n) is 9.04. The van der Waals surface area contributed by atoms with Gasteiger partial charge < -0.3 is 4.74 Å². The van der Waals surface area contributed by atoms with Crippen LogP contribution >= 0.6 is 27.5 Å². The molecule has 0 atom stereocenters. The molecule has 0 saturated carbocycles. The molecule has 148 valence electrons. The van der Waals surface area contributed by atoms with E-state index in [1.54, 1.807) is 6.21 Å². The van der Waals surface area contributed by atoms with Gasteiger partial charge >= 0.3 is 0 Å². The van der Waals surface area contributed by atoms with Gasteiger partial charge in [-0.25, -0.2) is 5.43 Å². The molecule has 4 nitrogen and oxygen atoms in total. The zero-order chi connectivity index (χ0) is 20.6. The molecule has 1 amide bonds. The number of hydrogen-bond donors (Lipinski definition) is 1. The maximum absolute atomic E-state index is 12.0. The summed E-state index contributed by atoms with van der Waals surface area (Å²) in [5.74, 6) is 0.536. The molecule has 0 spiro atoms. The molecule has 0 radical (unpaired) electrons. The molecule has 0 saturated heterocycles. The molecule has 1 N–H and O–H groups in total. The summed E-state index contributed by atoms with van der Waals surface area (Å²) in [7, 11) is 0. The second-order valence-corrected chi connectivity index (χ2v) is 7.79. The molecule has 6 heteroatoms. The van der Waals surface area contributed by atoms with Crippen LogP contribution in [0.4, 0.5) is 0 Å². The number of aryl methyl sites for hydroxylation is 1. The maximum atomic E-state index is 12.0. The first-order valence-corrected chi connectivity index (χ1v) is 10.2. The lowest BCUT2D eigenvalue weighted by atomic mass is 10.1. The van der Waals surface area contributed by atoms with Crippen LogP contribution in [0.2, 0.25) is 5.02 Å². The summed E-state index contributed by atoms with van der Waals surface area (Å²) in [4.78, 5) is 12.0. The van der Waals surface area contributed by atoms with E-state index in [1.165, 1.54) is 0 Å². The molecule has 0 aliphatic rings. The van der Waals surface area contributed by atoms with Crippen molar-refractivity contribution < 1.29 is 9.53 Å². The largest absolute Gasteiger partial charge is 0.488 e. The van der Waals surface area contributed by atoms with Crippen molar-refractivity contribution in [3.63, 3.8) is 0 Å². The van der Waals surface area contributed by atoms with Gasteiger partial charge in [0, 0.05) is 10.6 Å². The van der Waals surface area contributed by atoms with E-state index in [0.29, 0.717) is 17.4 Å². The molecule has 0 fully saturated rings. The quantitative estimate of drug-likeness (QED) is 0.356. The molecule has 0 aliphatic carbocycles. The normalized spacial score (nSPS) is 10.9. The van der Waals surface area contributed by atoms with Crippen LogP contribution in [0.1, 0.15) is 22.3 Å². The summed E-state index contributed by atoms with van der Waals surface area (Å²) < 4.78 is 6.62. The van der Waals surface area contributed by atoms with E-state index in [2.05, 4.69) is 26.5 Å². The maximum Gasteiger partial charge on any atom is 0.244 e. The molecule has 0 bridgehead atoms. The number of ether oxygens (including phenoxy) is 1. The van der Waals surface area contributed by atoms with Gasteiger partial charge in [-0.15, -0.1) is 0 Å². The third kappa shape index (κ3) is 6.44. The molecule has 0 aliphatic heterocycles. The second kappa shape index (κ2) is 10.2. The smallest absolute Gasteiger partial charge is 0.244 e. The molecule has 29 heavy (non-hydrogen) atoms. The number of hydrogen-bond acceptors (Lipinski definition) is 3. The first-order chi connectivity index (χ1) is 14.0. The van der Waals surface area contributed by atoms with Gasteiger partial charge in [-0.3, -0.25) is 4.79 Å². The lowest BCUT2D eigenvalue weighted by Gasteiger charge is -2.10. The van der Waals surface area contributed by atoms with Crippen LogP contribution in [-0.2, 0) is 17.8 Å². The summed E-state index contributed by atoms with van der Waals surface area (Å²) in [6.45, 7) is 2.39. The summed E-state index contributed by atoms with van der Waals surface area (Å²) in [6, 6.07) is 21.0. The van der Waals surface area contributed by atoms with E-state index in [0.717, 1.165) is 26.7 Å². The van der Waals surface area contributed by atoms with Gasteiger partial charge in [0.2, 0.25) is 5.91 Å². The number of carbonyl (C=O) groups is 1. The Labute approximate surface area is 183 Å². The first kappa shape index (κ1) is 21.1. The van der Waals surface area contributed by atoms with Crippen LogP contribution in [0.15, 0.2) is 76.3 Å². The Morgan fingerprint density at radius 3 is 2.62 bits per heavy atom. The van der Waals surface area contributed by atoms with Gasteiger partial charge in [0.05, 0.1) is 17.1 Å². The Balaban J connectivity index is 1.53. The van der Waals surface area contributed by atoms with E-state index in [1.807, 2.05) is 73.7 Å². The van der Waals surface area contributed by atoms with E-state index < -0.39 is 0 Å². The monoisotopic (exact) mass is 470 g/mol. The predicted molar refractivity (Wildman–Crippen MR) is 121 cm³/mol. The predicted octanol–water partition coefficient (Wildman–Crippen LogP) is 5.68. The fraction of sp³-hybridized carbons (Fsp3) is 0.130. The number of nitrogens with zero attached hydrogens (tertiary/aromatic N) is 1. The number of carbonyl (C=O) groups excluding carboxylic acids is 1. The van der Waals surface area contributed by atoms with Crippen molar-refractivity contribution in [1.29, 1.82) is 0 Å². The minimum atomic E-state index is -0.163. The van der Waals surface area contributed by atoms with Crippen molar-refractivity contribution in [3.05, 3.63) is 98.5 Å². The van der Waals surface area contributed by atoms with Crippen molar-refractivity contribution >= 4 is 39.7 Å². The highest BCUT2D eigenvalue weighted by Gasteiger charge is 2.05. The molecule has 0 heterocycles.